The zero-order chi connectivity index (χ0) is 34.4. The number of carboxylic acids is 1. The molecule has 1 unspecified atom stereocenters. The fourth-order valence-electron chi connectivity index (χ4n) is 4.07. The van der Waals surface area contributed by atoms with Crippen LogP contribution < -0.4 is 14.2 Å². The van der Waals surface area contributed by atoms with E-state index in [0.29, 0.717) is 33.9 Å². The number of aliphatic carboxylic acids is 1. The van der Waals surface area contributed by atoms with Gasteiger partial charge in [-0.1, -0.05) is 36.4 Å². The Kier molecular flexibility index (Phi) is 13.8. The van der Waals surface area contributed by atoms with E-state index in [-0.39, 0.29) is 26.2 Å². The van der Waals surface area contributed by atoms with Crippen LogP contribution in [0, 0.1) is 5.92 Å². The van der Waals surface area contributed by atoms with Gasteiger partial charge in [-0.25, -0.2) is 0 Å². The van der Waals surface area contributed by atoms with Gasteiger partial charge in [0.25, 0.3) is 0 Å². The smallest absolute Gasteiger partial charge is 0.332 e. The minimum Gasteiger partial charge on any atom is -0.481 e. The van der Waals surface area contributed by atoms with Crippen LogP contribution in [-0.4, -0.2) is 41.1 Å². The molecule has 3 aromatic rings. The van der Waals surface area contributed by atoms with Crippen molar-refractivity contribution in [2.45, 2.75) is 53.4 Å². The van der Waals surface area contributed by atoms with E-state index in [1.54, 1.807) is 36.4 Å². The summed E-state index contributed by atoms with van der Waals surface area (Å²) < 4.78 is 46.2. The summed E-state index contributed by atoms with van der Waals surface area (Å²) in [5.74, 6) is -3.71. The first kappa shape index (κ1) is 36.6. The summed E-state index contributed by atoms with van der Waals surface area (Å²) in [6.07, 6.45) is -1.10. The van der Waals surface area contributed by atoms with Gasteiger partial charge in [0.15, 0.2) is 0 Å². The molecule has 0 bridgehead atoms. The zero-order valence-corrected chi connectivity index (χ0v) is 26.9. The molecule has 0 aliphatic rings. The highest BCUT2D eigenvalue weighted by Gasteiger charge is 2.34. The molecule has 14 heteroatoms. The average Bonchev–Trinajstić information content (AvgIpc) is 3.01. The van der Waals surface area contributed by atoms with Crippen LogP contribution >= 0.6 is 7.60 Å². The number of ether oxygens (including phenoxy) is 4. The Labute approximate surface area is 271 Å². The molecule has 0 saturated heterocycles. The second kappa shape index (κ2) is 17.7. The number of carbonyl (C=O) groups excluding carboxylic acids is 4. The van der Waals surface area contributed by atoms with E-state index < -0.39 is 55.9 Å². The number of esters is 4. The normalized spacial score (nSPS) is 11.6. The second-order valence-corrected chi connectivity index (χ2v) is 12.4. The summed E-state index contributed by atoms with van der Waals surface area (Å²) in [5, 5.41) is 9.31. The van der Waals surface area contributed by atoms with Crippen LogP contribution in [0.2, 0.25) is 0 Å². The number of carboxylic acid groups (broad SMARTS) is 1. The first-order valence-corrected chi connectivity index (χ1v) is 16.1. The van der Waals surface area contributed by atoms with Gasteiger partial charge in [-0.3, -0.25) is 28.5 Å². The molecule has 0 amide bonds. The largest absolute Gasteiger partial charge is 0.481 e. The maximum Gasteiger partial charge on any atom is 0.332 e. The van der Waals surface area contributed by atoms with Gasteiger partial charge in [-0.15, -0.1) is 0 Å². The summed E-state index contributed by atoms with van der Waals surface area (Å²) in [4.78, 5) is 58.2. The van der Waals surface area contributed by atoms with Crippen LogP contribution in [0.5, 0.6) is 17.2 Å². The molecule has 0 aromatic heterocycles. The number of hydrogen-bond acceptors (Lipinski definition) is 12. The lowest BCUT2D eigenvalue weighted by molar-refractivity contribution is -0.150. The molecule has 0 aliphatic carbocycles. The SMILES string of the molecule is CC(=O)Oc1ccc(COC(=O)C(CCC(=O)O)CP(=O)(OCc2ccc(OC(C)=O)cc2)OCc2ccc(OC(C)=O)cc2)cc1. The number of hydrogen-bond donors (Lipinski definition) is 1. The van der Waals surface area contributed by atoms with E-state index >= 15 is 0 Å². The first-order chi connectivity index (χ1) is 22.3. The summed E-state index contributed by atoms with van der Waals surface area (Å²) in [6.45, 7) is 3.19. The molecular formula is C33H35O13P. The van der Waals surface area contributed by atoms with Gasteiger partial charge in [0.2, 0.25) is 0 Å². The molecular weight excluding hydrogens is 635 g/mol. The monoisotopic (exact) mass is 670 g/mol. The van der Waals surface area contributed by atoms with Crippen molar-refractivity contribution < 1.29 is 61.6 Å². The van der Waals surface area contributed by atoms with Crippen molar-refractivity contribution in [3.05, 3.63) is 89.5 Å². The molecule has 47 heavy (non-hydrogen) atoms. The first-order valence-electron chi connectivity index (χ1n) is 14.4. The van der Waals surface area contributed by atoms with Crippen LogP contribution in [0.1, 0.15) is 50.3 Å². The third-order valence-corrected chi connectivity index (χ3v) is 8.21. The highest BCUT2D eigenvalue weighted by Crippen LogP contribution is 2.52. The molecule has 1 atom stereocenters. The van der Waals surface area contributed by atoms with Crippen LogP contribution in [0.25, 0.3) is 0 Å². The van der Waals surface area contributed by atoms with Gasteiger partial charge < -0.3 is 33.1 Å². The highest BCUT2D eigenvalue weighted by atomic mass is 31.2. The highest BCUT2D eigenvalue weighted by molar-refractivity contribution is 7.53. The van der Waals surface area contributed by atoms with Crippen LogP contribution in [0.15, 0.2) is 72.8 Å². The lowest BCUT2D eigenvalue weighted by Crippen LogP contribution is -2.23. The Morgan fingerprint density at radius 3 is 1.32 bits per heavy atom. The van der Waals surface area contributed by atoms with Crippen LogP contribution in [0.3, 0.4) is 0 Å². The lowest BCUT2D eigenvalue weighted by Gasteiger charge is -2.23. The van der Waals surface area contributed by atoms with E-state index in [1.807, 2.05) is 0 Å². The van der Waals surface area contributed by atoms with Crippen molar-refractivity contribution in [1.29, 1.82) is 0 Å². The predicted molar refractivity (Wildman–Crippen MR) is 165 cm³/mol. The topological polar surface area (TPSA) is 178 Å². The molecule has 0 saturated carbocycles. The molecule has 0 aliphatic heterocycles. The van der Waals surface area contributed by atoms with Crippen LogP contribution in [0.4, 0.5) is 0 Å². The quantitative estimate of drug-likeness (QED) is 0.106. The second-order valence-electron chi connectivity index (χ2n) is 10.3. The number of carbonyl (C=O) groups is 5. The Morgan fingerprint density at radius 2 is 0.979 bits per heavy atom. The predicted octanol–water partition coefficient (Wildman–Crippen LogP) is 5.61. The van der Waals surface area contributed by atoms with Gasteiger partial charge >= 0.3 is 37.4 Å². The van der Waals surface area contributed by atoms with Crippen LogP contribution in [-0.2, 0) is 62.1 Å². The van der Waals surface area contributed by atoms with E-state index in [0.717, 1.165) is 0 Å². The summed E-state index contributed by atoms with van der Waals surface area (Å²) in [6, 6.07) is 18.7. The average molecular weight is 671 g/mol. The lowest BCUT2D eigenvalue weighted by atomic mass is 10.1. The van der Waals surface area contributed by atoms with Crippen molar-refractivity contribution >= 4 is 37.4 Å². The van der Waals surface area contributed by atoms with Crippen molar-refractivity contribution in [3.63, 3.8) is 0 Å². The Morgan fingerprint density at radius 1 is 0.617 bits per heavy atom. The molecule has 0 spiro atoms. The van der Waals surface area contributed by atoms with Gasteiger partial charge in [-0.05, 0) is 59.5 Å². The maximum atomic E-state index is 14.2. The summed E-state index contributed by atoms with van der Waals surface area (Å²) in [7, 11) is -4.12. The molecule has 250 valence electrons. The standard InChI is InChI=1S/C33H35O13P/c1-22(34)44-29-11-4-25(5-12-29)18-41-33(39)28(10-17-32(37)38)21-47(40,42-19-26-6-13-30(14-7-26)45-23(2)35)43-20-27-8-15-31(16-9-27)46-24(3)36/h4-9,11-16,28H,10,17-21H2,1-3H3,(H,37,38). The van der Waals surface area contributed by atoms with Gasteiger partial charge in [0.05, 0.1) is 25.3 Å². The third-order valence-electron chi connectivity index (χ3n) is 6.28. The zero-order valence-electron chi connectivity index (χ0n) is 26.0. The van der Waals surface area contributed by atoms with E-state index in [2.05, 4.69) is 0 Å². The summed E-state index contributed by atoms with van der Waals surface area (Å²) >= 11 is 0. The molecule has 1 N–H and O–H groups in total. The van der Waals surface area contributed by atoms with Crippen molar-refractivity contribution in [2.75, 3.05) is 6.16 Å². The van der Waals surface area contributed by atoms with Crippen molar-refractivity contribution in [1.82, 2.24) is 0 Å². The molecule has 13 nitrogen and oxygen atoms in total. The van der Waals surface area contributed by atoms with E-state index in [4.69, 9.17) is 28.0 Å². The number of rotatable bonds is 17. The van der Waals surface area contributed by atoms with Crippen molar-refractivity contribution in [3.8, 4) is 17.2 Å². The Hall–Kier alpha value is -4.84. The molecule has 0 fully saturated rings. The molecule has 3 aromatic carbocycles. The van der Waals surface area contributed by atoms with Crippen molar-refractivity contribution in [2.24, 2.45) is 5.92 Å². The van der Waals surface area contributed by atoms with Gasteiger partial charge in [0.1, 0.15) is 23.9 Å². The fraction of sp³-hybridized carbons (Fsp3) is 0.303. The maximum absolute atomic E-state index is 14.2. The van der Waals surface area contributed by atoms with Gasteiger partial charge in [0, 0.05) is 27.2 Å². The Balaban J connectivity index is 1.77. The summed E-state index contributed by atoms with van der Waals surface area (Å²) in [5.41, 5.74) is 1.67. The third kappa shape index (κ3) is 13.6. The van der Waals surface area contributed by atoms with E-state index in [1.165, 1.54) is 57.2 Å². The molecule has 3 rings (SSSR count). The molecule has 0 heterocycles. The van der Waals surface area contributed by atoms with E-state index in [9.17, 15) is 33.6 Å². The molecule has 0 radical (unpaired) electrons. The minimum absolute atomic E-state index is 0.182. The fourth-order valence-corrected chi connectivity index (χ4v) is 5.92. The number of benzene rings is 3. The van der Waals surface area contributed by atoms with Gasteiger partial charge in [-0.2, -0.15) is 0 Å². The minimum atomic E-state index is -4.12. The Bertz CT molecular complexity index is 1510.